The number of aryl methyl sites for hydroxylation is 1. The molecule has 5 nitrogen and oxygen atoms in total. The number of benzene rings is 2. The van der Waals surface area contributed by atoms with E-state index >= 15 is 0 Å². The summed E-state index contributed by atoms with van der Waals surface area (Å²) in [5.41, 5.74) is 1.05. The van der Waals surface area contributed by atoms with E-state index in [0.717, 1.165) is 34.0 Å². The molecule has 1 amide bonds. The minimum Gasteiger partial charge on any atom is -0.325 e. The largest absolute Gasteiger partial charge is 0.325 e. The van der Waals surface area contributed by atoms with Crippen LogP contribution in [0.5, 0.6) is 0 Å². The number of nitrogens with one attached hydrogen (secondary N) is 1. The SMILES string of the molecule is Cc1ccc(Cl)cc1NC(=O)CSc1nccn(-c2ccc(F)c(F)c2)c1=O. The molecule has 0 atom stereocenters. The van der Waals surface area contributed by atoms with Crippen LogP contribution in [0.2, 0.25) is 5.02 Å². The Kier molecular flexibility index (Phi) is 6.11. The first-order valence-electron chi connectivity index (χ1n) is 8.07. The van der Waals surface area contributed by atoms with Gasteiger partial charge in [-0.3, -0.25) is 14.2 Å². The third-order valence-corrected chi connectivity index (χ3v) is 5.00. The highest BCUT2D eigenvalue weighted by Crippen LogP contribution is 2.21. The van der Waals surface area contributed by atoms with Crippen LogP contribution in [-0.2, 0) is 4.79 Å². The van der Waals surface area contributed by atoms with Crippen molar-refractivity contribution in [2.45, 2.75) is 11.9 Å². The Bertz CT molecular complexity index is 1100. The first kappa shape index (κ1) is 20.0. The van der Waals surface area contributed by atoms with Crippen molar-refractivity contribution in [3.05, 3.63) is 81.4 Å². The van der Waals surface area contributed by atoms with Gasteiger partial charge in [0.25, 0.3) is 5.56 Å². The lowest BCUT2D eigenvalue weighted by Gasteiger charge is -2.09. The van der Waals surface area contributed by atoms with Gasteiger partial charge in [0, 0.05) is 29.2 Å². The Morgan fingerprint density at radius 1 is 1.21 bits per heavy atom. The third kappa shape index (κ3) is 4.58. The maximum Gasteiger partial charge on any atom is 0.287 e. The van der Waals surface area contributed by atoms with Crippen LogP contribution >= 0.6 is 23.4 Å². The summed E-state index contributed by atoms with van der Waals surface area (Å²) in [6.07, 6.45) is 2.69. The minimum atomic E-state index is -1.06. The Hall–Kier alpha value is -2.71. The van der Waals surface area contributed by atoms with E-state index in [2.05, 4.69) is 10.3 Å². The van der Waals surface area contributed by atoms with Crippen LogP contribution < -0.4 is 10.9 Å². The Morgan fingerprint density at radius 3 is 2.75 bits per heavy atom. The molecule has 1 aromatic heterocycles. The Labute approximate surface area is 168 Å². The van der Waals surface area contributed by atoms with Gasteiger partial charge in [0.05, 0.1) is 11.4 Å². The molecule has 3 aromatic rings. The molecular weight excluding hydrogens is 408 g/mol. The number of thioether (sulfide) groups is 1. The number of aromatic nitrogens is 2. The second-order valence-corrected chi connectivity index (χ2v) is 7.20. The van der Waals surface area contributed by atoms with Gasteiger partial charge in [-0.25, -0.2) is 13.8 Å². The third-order valence-electron chi connectivity index (χ3n) is 3.80. The van der Waals surface area contributed by atoms with Gasteiger partial charge in [0.2, 0.25) is 5.91 Å². The van der Waals surface area contributed by atoms with E-state index in [9.17, 15) is 18.4 Å². The second-order valence-electron chi connectivity index (χ2n) is 5.80. The molecule has 0 aliphatic heterocycles. The first-order chi connectivity index (χ1) is 13.3. The minimum absolute atomic E-state index is 0.0595. The number of carbonyl (C=O) groups is 1. The highest BCUT2D eigenvalue weighted by molar-refractivity contribution is 7.99. The molecule has 28 heavy (non-hydrogen) atoms. The molecular formula is C19H14ClF2N3O2S. The molecule has 0 unspecified atom stereocenters. The van der Waals surface area contributed by atoms with E-state index in [1.165, 1.54) is 18.5 Å². The average molecular weight is 422 g/mol. The maximum atomic E-state index is 13.4. The summed E-state index contributed by atoms with van der Waals surface area (Å²) < 4.78 is 27.7. The van der Waals surface area contributed by atoms with Crippen LogP contribution in [0, 0.1) is 18.6 Å². The number of carbonyl (C=O) groups excluding carboxylic acids is 1. The van der Waals surface area contributed by atoms with E-state index in [-0.39, 0.29) is 22.4 Å². The summed E-state index contributed by atoms with van der Waals surface area (Å²) in [5.74, 6) is -2.46. The Morgan fingerprint density at radius 2 is 2.00 bits per heavy atom. The van der Waals surface area contributed by atoms with Gasteiger partial charge in [-0.15, -0.1) is 0 Å². The zero-order valence-corrected chi connectivity index (χ0v) is 16.2. The van der Waals surface area contributed by atoms with Crippen molar-refractivity contribution >= 4 is 35.0 Å². The fourth-order valence-electron chi connectivity index (χ4n) is 2.38. The van der Waals surface area contributed by atoms with Crippen LogP contribution in [0.3, 0.4) is 0 Å². The monoisotopic (exact) mass is 421 g/mol. The van der Waals surface area contributed by atoms with Crippen LogP contribution in [0.15, 0.2) is 58.6 Å². The smallest absolute Gasteiger partial charge is 0.287 e. The maximum absolute atomic E-state index is 13.4. The first-order valence-corrected chi connectivity index (χ1v) is 9.43. The van der Waals surface area contributed by atoms with E-state index in [1.807, 2.05) is 6.92 Å². The molecule has 1 N–H and O–H groups in total. The van der Waals surface area contributed by atoms with Gasteiger partial charge < -0.3 is 5.32 Å². The zero-order chi connectivity index (χ0) is 20.3. The van der Waals surface area contributed by atoms with E-state index in [4.69, 9.17) is 11.6 Å². The van der Waals surface area contributed by atoms with Crippen LogP contribution in [-0.4, -0.2) is 21.2 Å². The van der Waals surface area contributed by atoms with Gasteiger partial charge in [0.15, 0.2) is 16.7 Å². The predicted octanol–water partition coefficient (Wildman–Crippen LogP) is 4.20. The molecule has 3 rings (SSSR count). The molecule has 0 saturated carbocycles. The van der Waals surface area contributed by atoms with Crippen molar-refractivity contribution in [1.82, 2.24) is 9.55 Å². The van der Waals surface area contributed by atoms with Gasteiger partial charge in [-0.2, -0.15) is 0 Å². The molecule has 0 spiro atoms. The van der Waals surface area contributed by atoms with E-state index in [1.54, 1.807) is 18.2 Å². The lowest BCUT2D eigenvalue weighted by Crippen LogP contribution is -2.22. The summed E-state index contributed by atoms with van der Waals surface area (Å²) in [4.78, 5) is 28.7. The summed E-state index contributed by atoms with van der Waals surface area (Å²) in [7, 11) is 0. The standard InChI is InChI=1S/C19H14ClF2N3O2S/c1-11-2-3-12(20)8-16(11)24-17(26)10-28-18-19(27)25(7-6-23-18)13-4-5-14(21)15(22)9-13/h2-9H,10H2,1H3,(H,24,26). The van der Waals surface area contributed by atoms with Crippen LogP contribution in [0.4, 0.5) is 14.5 Å². The van der Waals surface area contributed by atoms with Crippen molar-refractivity contribution in [3.63, 3.8) is 0 Å². The fraction of sp³-hybridized carbons (Fsp3) is 0.105. The molecule has 2 aromatic carbocycles. The number of anilines is 1. The molecule has 144 valence electrons. The number of rotatable bonds is 5. The summed E-state index contributed by atoms with van der Waals surface area (Å²) in [6.45, 7) is 1.83. The van der Waals surface area contributed by atoms with Gasteiger partial charge in [-0.05, 0) is 36.8 Å². The highest BCUT2D eigenvalue weighted by Gasteiger charge is 2.12. The molecule has 0 saturated heterocycles. The van der Waals surface area contributed by atoms with E-state index in [0.29, 0.717) is 10.7 Å². The fourth-order valence-corrected chi connectivity index (χ4v) is 3.25. The lowest BCUT2D eigenvalue weighted by molar-refractivity contribution is -0.113. The molecule has 0 bridgehead atoms. The average Bonchev–Trinajstić information content (AvgIpc) is 2.66. The second kappa shape index (κ2) is 8.53. The molecule has 0 aliphatic carbocycles. The number of halogens is 3. The lowest BCUT2D eigenvalue weighted by atomic mass is 10.2. The molecule has 0 radical (unpaired) electrons. The van der Waals surface area contributed by atoms with Crippen molar-refractivity contribution in [1.29, 1.82) is 0 Å². The van der Waals surface area contributed by atoms with Gasteiger partial charge in [0.1, 0.15) is 0 Å². The number of hydrogen-bond donors (Lipinski definition) is 1. The summed E-state index contributed by atoms with van der Waals surface area (Å²) in [5, 5.41) is 3.28. The number of amides is 1. The number of hydrogen-bond acceptors (Lipinski definition) is 4. The van der Waals surface area contributed by atoms with Crippen LogP contribution in [0.25, 0.3) is 5.69 Å². The van der Waals surface area contributed by atoms with Crippen molar-refractivity contribution < 1.29 is 13.6 Å². The van der Waals surface area contributed by atoms with Crippen molar-refractivity contribution in [3.8, 4) is 5.69 Å². The molecule has 1 heterocycles. The predicted molar refractivity (Wildman–Crippen MR) is 105 cm³/mol. The van der Waals surface area contributed by atoms with Crippen molar-refractivity contribution in [2.75, 3.05) is 11.1 Å². The molecule has 0 fully saturated rings. The number of nitrogens with zero attached hydrogens (tertiary/aromatic N) is 2. The quantitative estimate of drug-likeness (QED) is 0.627. The molecule has 9 heteroatoms. The van der Waals surface area contributed by atoms with Gasteiger partial charge in [-0.1, -0.05) is 29.4 Å². The van der Waals surface area contributed by atoms with E-state index < -0.39 is 17.2 Å². The Balaban J connectivity index is 1.74. The topological polar surface area (TPSA) is 64.0 Å². The van der Waals surface area contributed by atoms with Crippen molar-refractivity contribution in [2.24, 2.45) is 0 Å². The summed E-state index contributed by atoms with van der Waals surface area (Å²) >= 11 is 6.87. The highest BCUT2D eigenvalue weighted by atomic mass is 35.5. The zero-order valence-electron chi connectivity index (χ0n) is 14.6. The normalized spacial score (nSPS) is 10.7. The summed E-state index contributed by atoms with van der Waals surface area (Å²) in [6, 6.07) is 8.27. The van der Waals surface area contributed by atoms with Gasteiger partial charge >= 0.3 is 0 Å². The molecule has 0 aliphatic rings. The van der Waals surface area contributed by atoms with Crippen LogP contribution in [0.1, 0.15) is 5.56 Å².